The molecule has 1 fully saturated rings. The second-order valence-corrected chi connectivity index (χ2v) is 6.06. The first-order valence-electron chi connectivity index (χ1n) is 7.69. The van der Waals surface area contributed by atoms with Crippen LogP contribution in [0.4, 0.5) is 26.3 Å². The summed E-state index contributed by atoms with van der Waals surface area (Å²) in [4.78, 5) is 11.9. The van der Waals surface area contributed by atoms with Gasteiger partial charge in [-0.15, -0.1) is 0 Å². The summed E-state index contributed by atoms with van der Waals surface area (Å²) in [6, 6.07) is 2.00. The van der Waals surface area contributed by atoms with Crippen molar-refractivity contribution in [2.24, 2.45) is 5.92 Å². The van der Waals surface area contributed by atoms with Gasteiger partial charge < -0.3 is 4.74 Å². The number of hydrogen-bond acceptors (Lipinski definition) is 2. The minimum atomic E-state index is -5.01. The second-order valence-electron chi connectivity index (χ2n) is 6.06. The molecule has 0 spiro atoms. The van der Waals surface area contributed by atoms with E-state index in [2.05, 4.69) is 0 Å². The van der Waals surface area contributed by atoms with E-state index in [9.17, 15) is 31.1 Å². The molecule has 138 valence electrons. The summed E-state index contributed by atoms with van der Waals surface area (Å²) in [6.07, 6.45) is -4.42. The van der Waals surface area contributed by atoms with Crippen LogP contribution in [0, 0.1) is 24.5 Å². The second kappa shape index (κ2) is 7.49. The smallest absolute Gasteiger partial charge is 0.442 e. The van der Waals surface area contributed by atoms with Crippen LogP contribution in [0.5, 0.6) is 0 Å². The summed E-state index contributed by atoms with van der Waals surface area (Å²) < 4.78 is 81.9. The predicted molar refractivity (Wildman–Crippen MR) is 77.5 cm³/mol. The first-order chi connectivity index (χ1) is 11.6. The number of aryl methyl sites for hydroxylation is 1. The fourth-order valence-corrected chi connectivity index (χ4v) is 2.78. The normalized spacial score (nSPS) is 22.0. The zero-order valence-corrected chi connectivity index (χ0v) is 13.3. The van der Waals surface area contributed by atoms with Crippen molar-refractivity contribution in [3.8, 4) is 0 Å². The van der Waals surface area contributed by atoms with Crippen LogP contribution in [-0.2, 0) is 4.74 Å². The Kier molecular flexibility index (Phi) is 5.80. The summed E-state index contributed by atoms with van der Waals surface area (Å²) in [5.41, 5.74) is -0.485. The Balaban J connectivity index is 1.96. The number of ether oxygens (including phenoxy) is 1. The number of carbonyl (C=O) groups excluding carboxylic acids is 1. The zero-order chi connectivity index (χ0) is 18.8. The van der Waals surface area contributed by atoms with Crippen molar-refractivity contribution < 1.29 is 35.9 Å². The number of esters is 1. The number of carbonyl (C=O) groups is 1. The monoisotopic (exact) mass is 366 g/mol. The quantitative estimate of drug-likeness (QED) is 0.529. The maximum atomic E-state index is 13.7. The predicted octanol–water partition coefficient (Wildman–Crippen LogP) is 5.40. The maximum Gasteiger partial charge on any atom is 0.442 e. The lowest BCUT2D eigenvalue weighted by Crippen LogP contribution is -2.25. The lowest BCUT2D eigenvalue weighted by atomic mass is 9.87. The van der Waals surface area contributed by atoms with Crippen molar-refractivity contribution in [1.29, 1.82) is 0 Å². The van der Waals surface area contributed by atoms with E-state index in [1.807, 2.05) is 0 Å². The van der Waals surface area contributed by atoms with Gasteiger partial charge in [-0.05, 0) is 62.3 Å². The molecule has 8 heteroatoms. The van der Waals surface area contributed by atoms with Gasteiger partial charge in [-0.3, -0.25) is 0 Å². The molecule has 0 radical (unpaired) electrons. The summed E-state index contributed by atoms with van der Waals surface area (Å²) in [5, 5.41) is 0. The fraction of sp³-hybridized carbons (Fsp3) is 0.471. The Morgan fingerprint density at radius 1 is 1.12 bits per heavy atom. The van der Waals surface area contributed by atoms with Crippen LogP contribution in [-0.4, -0.2) is 18.2 Å². The van der Waals surface area contributed by atoms with Crippen molar-refractivity contribution in [3.05, 3.63) is 46.8 Å². The highest BCUT2D eigenvalue weighted by Gasteiger charge is 2.36. The van der Waals surface area contributed by atoms with Crippen molar-refractivity contribution in [3.63, 3.8) is 0 Å². The van der Waals surface area contributed by atoms with Gasteiger partial charge in [-0.25, -0.2) is 18.0 Å². The standard InChI is InChI=1S/C17H16F6O2/c1-9-6-12(18)15(13(19)7-9)16(24)25-11-4-2-10(3-5-11)8-14(20)17(21,22)23/h6-8,10-11H,2-5H2,1H3. The molecule has 0 N–H and O–H groups in total. The van der Waals surface area contributed by atoms with Gasteiger partial charge >= 0.3 is 12.1 Å². The third kappa shape index (κ3) is 4.99. The van der Waals surface area contributed by atoms with Gasteiger partial charge in [-0.1, -0.05) is 0 Å². The molecule has 0 aromatic heterocycles. The van der Waals surface area contributed by atoms with Crippen molar-refractivity contribution in [2.75, 3.05) is 0 Å². The van der Waals surface area contributed by atoms with Gasteiger partial charge in [-0.2, -0.15) is 13.2 Å². The average Bonchev–Trinajstić information content (AvgIpc) is 2.47. The van der Waals surface area contributed by atoms with Crippen molar-refractivity contribution in [1.82, 2.24) is 0 Å². The Hall–Kier alpha value is -1.99. The Labute approximate surface area is 140 Å². The fourth-order valence-electron chi connectivity index (χ4n) is 2.78. The van der Waals surface area contributed by atoms with Crippen LogP contribution in [0.15, 0.2) is 24.0 Å². The van der Waals surface area contributed by atoms with Gasteiger partial charge in [0.05, 0.1) is 0 Å². The number of rotatable bonds is 3. The molecule has 1 aliphatic carbocycles. The van der Waals surface area contributed by atoms with Crippen molar-refractivity contribution in [2.45, 2.75) is 44.9 Å². The van der Waals surface area contributed by atoms with E-state index in [0.717, 1.165) is 12.1 Å². The summed E-state index contributed by atoms with van der Waals surface area (Å²) in [6.45, 7) is 1.47. The Morgan fingerprint density at radius 3 is 2.12 bits per heavy atom. The van der Waals surface area contributed by atoms with E-state index in [0.29, 0.717) is 11.6 Å². The number of allylic oxidation sites excluding steroid dienone is 2. The molecule has 0 bridgehead atoms. The number of alkyl halides is 3. The number of benzene rings is 1. The van der Waals surface area contributed by atoms with Gasteiger partial charge in [0.1, 0.15) is 23.3 Å². The van der Waals surface area contributed by atoms with Crippen LogP contribution in [0.2, 0.25) is 0 Å². The van der Waals surface area contributed by atoms with Crippen LogP contribution >= 0.6 is 0 Å². The highest BCUT2D eigenvalue weighted by atomic mass is 19.4. The Morgan fingerprint density at radius 2 is 1.64 bits per heavy atom. The third-order valence-corrected chi connectivity index (χ3v) is 4.04. The van der Waals surface area contributed by atoms with E-state index in [-0.39, 0.29) is 25.7 Å². The van der Waals surface area contributed by atoms with Crippen LogP contribution in [0.3, 0.4) is 0 Å². The molecule has 0 unspecified atom stereocenters. The molecule has 0 saturated heterocycles. The number of hydrogen-bond donors (Lipinski definition) is 0. The molecular weight excluding hydrogens is 350 g/mol. The minimum absolute atomic E-state index is 0.181. The van der Waals surface area contributed by atoms with Crippen molar-refractivity contribution >= 4 is 5.97 Å². The molecule has 0 heterocycles. The Bertz CT molecular complexity index is 649. The summed E-state index contributed by atoms with van der Waals surface area (Å²) in [5.74, 6) is -5.99. The van der Waals surface area contributed by atoms with Gasteiger partial charge in [0, 0.05) is 0 Å². The topological polar surface area (TPSA) is 26.3 Å². The first kappa shape index (κ1) is 19.3. The molecule has 2 nitrogen and oxygen atoms in total. The van der Waals surface area contributed by atoms with Crippen LogP contribution in [0.1, 0.15) is 41.6 Å². The lowest BCUT2D eigenvalue weighted by Gasteiger charge is -2.27. The first-order valence-corrected chi connectivity index (χ1v) is 7.69. The highest BCUT2D eigenvalue weighted by molar-refractivity contribution is 5.90. The van der Waals surface area contributed by atoms with Gasteiger partial charge in [0.2, 0.25) is 0 Å². The molecule has 1 saturated carbocycles. The van der Waals surface area contributed by atoms with E-state index >= 15 is 0 Å². The highest BCUT2D eigenvalue weighted by Crippen LogP contribution is 2.33. The zero-order valence-electron chi connectivity index (χ0n) is 13.3. The molecule has 0 aliphatic heterocycles. The lowest BCUT2D eigenvalue weighted by molar-refractivity contribution is -0.109. The van der Waals surface area contributed by atoms with E-state index < -0.39 is 47.2 Å². The average molecular weight is 366 g/mol. The molecule has 2 rings (SSSR count). The molecule has 1 aromatic rings. The van der Waals surface area contributed by atoms with Gasteiger partial charge in [0.15, 0.2) is 5.83 Å². The molecule has 0 amide bonds. The molecule has 25 heavy (non-hydrogen) atoms. The molecule has 0 atom stereocenters. The van der Waals surface area contributed by atoms with E-state index in [4.69, 9.17) is 4.74 Å². The third-order valence-electron chi connectivity index (χ3n) is 4.04. The van der Waals surface area contributed by atoms with Crippen LogP contribution < -0.4 is 0 Å². The minimum Gasteiger partial charge on any atom is -0.459 e. The largest absolute Gasteiger partial charge is 0.459 e. The summed E-state index contributed by atoms with van der Waals surface area (Å²) in [7, 11) is 0. The van der Waals surface area contributed by atoms with Crippen LogP contribution in [0.25, 0.3) is 0 Å². The molecule has 1 aliphatic rings. The SMILES string of the molecule is Cc1cc(F)c(C(=O)OC2CCC(C=C(F)C(F)(F)F)CC2)c(F)c1. The summed E-state index contributed by atoms with van der Waals surface area (Å²) >= 11 is 0. The number of halogens is 6. The van der Waals surface area contributed by atoms with Gasteiger partial charge in [0.25, 0.3) is 0 Å². The molecule has 1 aromatic carbocycles. The maximum absolute atomic E-state index is 13.7. The molecular formula is C17H16F6O2. The van der Waals surface area contributed by atoms with E-state index in [1.165, 1.54) is 6.92 Å². The van der Waals surface area contributed by atoms with E-state index in [1.54, 1.807) is 0 Å².